The molecule has 2 aliphatic rings. The summed E-state index contributed by atoms with van der Waals surface area (Å²) in [7, 11) is 1.59. The van der Waals surface area contributed by atoms with Crippen LogP contribution in [0.4, 0.5) is 0 Å². The van der Waals surface area contributed by atoms with Gasteiger partial charge in [-0.25, -0.2) is 0 Å². The average molecular weight is 320 g/mol. The van der Waals surface area contributed by atoms with Crippen molar-refractivity contribution in [2.45, 2.75) is 31.4 Å². The van der Waals surface area contributed by atoms with E-state index >= 15 is 0 Å². The van der Waals surface area contributed by atoms with Gasteiger partial charge in [0, 0.05) is 25.8 Å². The standard InChI is InChI=1S/C17H24N2O4/c1-21-12(11-18)10-16(20)19-7-3-5-14(19)13-4-2-6-15-17(13)23-9-8-22-15/h2,4,6,12,14H,3,5,7-11,18H2,1H3. The van der Waals surface area contributed by atoms with Crippen LogP contribution >= 0.6 is 0 Å². The van der Waals surface area contributed by atoms with E-state index in [0.29, 0.717) is 26.2 Å². The molecule has 1 amide bonds. The fraction of sp³-hybridized carbons (Fsp3) is 0.588. The molecular weight excluding hydrogens is 296 g/mol. The molecule has 1 saturated heterocycles. The van der Waals surface area contributed by atoms with Crippen LogP contribution in [0.25, 0.3) is 0 Å². The third-order valence-corrected chi connectivity index (χ3v) is 4.53. The van der Waals surface area contributed by atoms with Crippen molar-refractivity contribution < 1.29 is 19.0 Å². The van der Waals surface area contributed by atoms with Crippen LogP contribution in [0.2, 0.25) is 0 Å². The van der Waals surface area contributed by atoms with Gasteiger partial charge in [-0.15, -0.1) is 0 Å². The number of benzene rings is 1. The van der Waals surface area contributed by atoms with E-state index in [-0.39, 0.29) is 18.1 Å². The molecule has 1 fully saturated rings. The Balaban J connectivity index is 1.81. The fourth-order valence-corrected chi connectivity index (χ4v) is 3.32. The number of ether oxygens (including phenoxy) is 3. The summed E-state index contributed by atoms with van der Waals surface area (Å²) in [6.45, 7) is 2.22. The Kier molecular flexibility index (Phi) is 5.03. The molecule has 1 aromatic rings. The summed E-state index contributed by atoms with van der Waals surface area (Å²) in [5.41, 5.74) is 6.67. The van der Waals surface area contributed by atoms with Gasteiger partial charge in [0.2, 0.25) is 5.91 Å². The predicted molar refractivity (Wildman–Crippen MR) is 85.6 cm³/mol. The number of carbonyl (C=O) groups excluding carboxylic acids is 1. The molecule has 2 N–H and O–H groups in total. The van der Waals surface area contributed by atoms with E-state index in [9.17, 15) is 4.79 Å². The number of likely N-dealkylation sites (tertiary alicyclic amines) is 1. The largest absolute Gasteiger partial charge is 0.486 e. The van der Waals surface area contributed by atoms with Crippen LogP contribution in [0.3, 0.4) is 0 Å². The highest BCUT2D eigenvalue weighted by Crippen LogP contribution is 2.42. The summed E-state index contributed by atoms with van der Waals surface area (Å²) < 4.78 is 16.7. The van der Waals surface area contributed by atoms with Crippen LogP contribution < -0.4 is 15.2 Å². The van der Waals surface area contributed by atoms with Gasteiger partial charge in [-0.1, -0.05) is 12.1 Å². The molecule has 1 aromatic carbocycles. The van der Waals surface area contributed by atoms with E-state index in [1.807, 2.05) is 23.1 Å². The maximum absolute atomic E-state index is 12.6. The lowest BCUT2D eigenvalue weighted by Crippen LogP contribution is -2.36. The van der Waals surface area contributed by atoms with Crippen molar-refractivity contribution in [3.8, 4) is 11.5 Å². The minimum Gasteiger partial charge on any atom is -0.486 e. The number of para-hydroxylation sites is 1. The first-order valence-electron chi connectivity index (χ1n) is 8.15. The number of amides is 1. The summed E-state index contributed by atoms with van der Waals surface area (Å²) >= 11 is 0. The number of fused-ring (bicyclic) bond motifs is 1. The summed E-state index contributed by atoms with van der Waals surface area (Å²) in [5.74, 6) is 1.63. The predicted octanol–water partition coefficient (Wildman–Crippen LogP) is 1.49. The zero-order valence-electron chi connectivity index (χ0n) is 13.5. The number of hydrogen-bond donors (Lipinski definition) is 1. The van der Waals surface area contributed by atoms with Crippen molar-refractivity contribution >= 4 is 5.91 Å². The maximum atomic E-state index is 12.6. The molecule has 0 saturated carbocycles. The Hall–Kier alpha value is -1.79. The van der Waals surface area contributed by atoms with Crippen LogP contribution in [0.5, 0.6) is 11.5 Å². The first kappa shape index (κ1) is 16.1. The lowest BCUT2D eigenvalue weighted by atomic mass is 10.0. The molecule has 2 aliphatic heterocycles. The molecule has 126 valence electrons. The van der Waals surface area contributed by atoms with E-state index in [1.54, 1.807) is 7.11 Å². The fourth-order valence-electron chi connectivity index (χ4n) is 3.32. The first-order chi connectivity index (χ1) is 11.2. The molecule has 0 aliphatic carbocycles. The van der Waals surface area contributed by atoms with Crippen LogP contribution in [-0.4, -0.2) is 50.3 Å². The summed E-state index contributed by atoms with van der Waals surface area (Å²) in [5, 5.41) is 0. The summed E-state index contributed by atoms with van der Waals surface area (Å²) in [6, 6.07) is 5.94. The summed E-state index contributed by atoms with van der Waals surface area (Å²) in [6.07, 6.45) is 2.01. The van der Waals surface area contributed by atoms with E-state index < -0.39 is 0 Å². The topological polar surface area (TPSA) is 74.0 Å². The Morgan fingerprint density at radius 1 is 1.43 bits per heavy atom. The lowest BCUT2D eigenvalue weighted by Gasteiger charge is -2.29. The van der Waals surface area contributed by atoms with Gasteiger partial charge < -0.3 is 24.8 Å². The van der Waals surface area contributed by atoms with Crippen molar-refractivity contribution in [1.29, 1.82) is 0 Å². The SMILES string of the molecule is COC(CN)CC(=O)N1CCCC1c1cccc2c1OCCO2. The molecule has 0 spiro atoms. The quantitative estimate of drug-likeness (QED) is 0.889. The third kappa shape index (κ3) is 3.28. The average Bonchev–Trinajstić information content (AvgIpc) is 3.08. The van der Waals surface area contributed by atoms with Gasteiger partial charge in [-0.3, -0.25) is 4.79 Å². The molecule has 2 atom stereocenters. The van der Waals surface area contributed by atoms with Gasteiger partial charge in [0.1, 0.15) is 13.2 Å². The Morgan fingerprint density at radius 3 is 3.04 bits per heavy atom. The van der Waals surface area contributed by atoms with E-state index in [4.69, 9.17) is 19.9 Å². The summed E-state index contributed by atoms with van der Waals surface area (Å²) in [4.78, 5) is 14.6. The van der Waals surface area contributed by atoms with Crippen molar-refractivity contribution in [3.63, 3.8) is 0 Å². The van der Waals surface area contributed by atoms with Gasteiger partial charge >= 0.3 is 0 Å². The molecule has 6 nitrogen and oxygen atoms in total. The van der Waals surface area contributed by atoms with Gasteiger partial charge in [-0.05, 0) is 18.9 Å². The molecule has 0 radical (unpaired) electrons. The number of nitrogens with two attached hydrogens (primary N) is 1. The Bertz CT molecular complexity index is 560. The van der Waals surface area contributed by atoms with E-state index in [1.165, 1.54) is 0 Å². The van der Waals surface area contributed by atoms with E-state index in [2.05, 4.69) is 0 Å². The van der Waals surface area contributed by atoms with Crippen molar-refractivity contribution in [2.75, 3.05) is 33.4 Å². The maximum Gasteiger partial charge on any atom is 0.225 e. The number of rotatable bonds is 5. The van der Waals surface area contributed by atoms with Gasteiger partial charge in [0.15, 0.2) is 11.5 Å². The lowest BCUT2D eigenvalue weighted by molar-refractivity contribution is -0.134. The highest BCUT2D eigenvalue weighted by Gasteiger charge is 2.34. The monoisotopic (exact) mass is 320 g/mol. The van der Waals surface area contributed by atoms with Gasteiger partial charge in [0.25, 0.3) is 0 Å². The van der Waals surface area contributed by atoms with Crippen LogP contribution in [0, 0.1) is 0 Å². The Morgan fingerprint density at radius 2 is 2.26 bits per heavy atom. The first-order valence-corrected chi connectivity index (χ1v) is 8.15. The number of nitrogens with zero attached hydrogens (tertiary/aromatic N) is 1. The highest BCUT2D eigenvalue weighted by atomic mass is 16.6. The number of methoxy groups -OCH3 is 1. The zero-order valence-corrected chi connectivity index (χ0v) is 13.5. The van der Waals surface area contributed by atoms with Crippen LogP contribution in [0.15, 0.2) is 18.2 Å². The van der Waals surface area contributed by atoms with E-state index in [0.717, 1.165) is 36.4 Å². The van der Waals surface area contributed by atoms with Crippen molar-refractivity contribution in [1.82, 2.24) is 4.90 Å². The van der Waals surface area contributed by atoms with Crippen molar-refractivity contribution in [2.24, 2.45) is 5.73 Å². The molecule has 2 unspecified atom stereocenters. The molecule has 3 rings (SSSR count). The smallest absolute Gasteiger partial charge is 0.225 e. The van der Waals surface area contributed by atoms with Crippen molar-refractivity contribution in [3.05, 3.63) is 23.8 Å². The highest BCUT2D eigenvalue weighted by molar-refractivity contribution is 5.78. The third-order valence-electron chi connectivity index (χ3n) is 4.53. The van der Waals surface area contributed by atoms with Gasteiger partial charge in [-0.2, -0.15) is 0 Å². The number of hydrogen-bond acceptors (Lipinski definition) is 5. The molecule has 6 heteroatoms. The second kappa shape index (κ2) is 7.19. The second-order valence-corrected chi connectivity index (χ2v) is 5.91. The molecular formula is C17H24N2O4. The minimum atomic E-state index is -0.229. The molecule has 0 aromatic heterocycles. The minimum absolute atomic E-state index is 0.0365. The molecule has 0 bridgehead atoms. The normalized spacial score (nSPS) is 21.3. The Labute approximate surface area is 136 Å². The molecule has 2 heterocycles. The second-order valence-electron chi connectivity index (χ2n) is 5.91. The van der Waals surface area contributed by atoms with Crippen LogP contribution in [0.1, 0.15) is 30.9 Å². The zero-order chi connectivity index (χ0) is 16.2. The van der Waals surface area contributed by atoms with Crippen LogP contribution in [-0.2, 0) is 9.53 Å². The number of carbonyl (C=O) groups is 1. The molecule has 23 heavy (non-hydrogen) atoms. The van der Waals surface area contributed by atoms with Gasteiger partial charge in [0.05, 0.1) is 18.6 Å².